The zero-order valence-corrected chi connectivity index (χ0v) is 12.9. The molecule has 0 aliphatic carbocycles. The van der Waals surface area contributed by atoms with Crippen LogP contribution in [-0.4, -0.2) is 10.9 Å². The van der Waals surface area contributed by atoms with E-state index >= 15 is 0 Å². The molecule has 2 aromatic carbocycles. The van der Waals surface area contributed by atoms with E-state index in [-0.39, 0.29) is 11.1 Å². The van der Waals surface area contributed by atoms with Crippen molar-refractivity contribution in [2.24, 2.45) is 5.10 Å². The fraction of sp³-hybridized carbons (Fsp3) is 0.105. The van der Waals surface area contributed by atoms with Gasteiger partial charge in [-0.15, -0.1) is 0 Å². The molecular weight excluding hydrogens is 286 g/mol. The number of fused-ring (bicyclic) bond motifs is 1. The van der Waals surface area contributed by atoms with Crippen LogP contribution in [0, 0.1) is 25.2 Å². The van der Waals surface area contributed by atoms with Crippen molar-refractivity contribution < 1.29 is 0 Å². The quantitative estimate of drug-likeness (QED) is 0.681. The Morgan fingerprint density at radius 1 is 1.13 bits per heavy atom. The number of nitriles is 1. The molecule has 0 amide bonds. The first-order chi connectivity index (χ1) is 11.1. The maximum atomic E-state index is 12.4. The molecule has 0 unspecified atom stereocenters. The summed E-state index contributed by atoms with van der Waals surface area (Å²) in [7, 11) is 0. The van der Waals surface area contributed by atoms with Crippen LogP contribution in [0.3, 0.4) is 0 Å². The molecule has 3 aromatic rings. The van der Waals surface area contributed by atoms with Crippen LogP contribution in [0.25, 0.3) is 10.8 Å². The standard InChI is InChI=1S/C19H15N3O/c1-13-10-14(2)22(19(23)18(13)11-20)21-12-16-8-5-7-15-6-3-4-9-17(15)16/h3-10,12H,1-2H3/b21-12-. The third kappa shape index (κ3) is 2.65. The van der Waals surface area contributed by atoms with Crippen LogP contribution in [0.1, 0.15) is 22.4 Å². The van der Waals surface area contributed by atoms with Gasteiger partial charge in [0.25, 0.3) is 5.56 Å². The molecule has 0 bridgehead atoms. The van der Waals surface area contributed by atoms with E-state index in [0.29, 0.717) is 11.3 Å². The summed E-state index contributed by atoms with van der Waals surface area (Å²) in [6, 6.07) is 17.7. The molecule has 0 aliphatic heterocycles. The summed E-state index contributed by atoms with van der Waals surface area (Å²) in [6.45, 7) is 3.56. The van der Waals surface area contributed by atoms with Crippen LogP contribution in [0.5, 0.6) is 0 Å². The van der Waals surface area contributed by atoms with Crippen LogP contribution in [-0.2, 0) is 0 Å². The van der Waals surface area contributed by atoms with Crippen molar-refractivity contribution in [2.45, 2.75) is 13.8 Å². The minimum Gasteiger partial charge on any atom is -0.266 e. The summed E-state index contributed by atoms with van der Waals surface area (Å²) in [5.41, 5.74) is 2.04. The Balaban J connectivity index is 2.14. The molecular formula is C19H15N3O. The van der Waals surface area contributed by atoms with E-state index in [1.54, 1.807) is 26.1 Å². The van der Waals surface area contributed by atoms with E-state index in [9.17, 15) is 4.79 Å². The van der Waals surface area contributed by atoms with Gasteiger partial charge < -0.3 is 0 Å². The second-order valence-corrected chi connectivity index (χ2v) is 5.39. The average molecular weight is 301 g/mol. The van der Waals surface area contributed by atoms with Crippen LogP contribution < -0.4 is 5.56 Å². The van der Waals surface area contributed by atoms with Crippen molar-refractivity contribution in [3.8, 4) is 6.07 Å². The highest BCUT2D eigenvalue weighted by molar-refractivity contribution is 5.99. The van der Waals surface area contributed by atoms with Crippen LogP contribution in [0.4, 0.5) is 0 Å². The largest absolute Gasteiger partial charge is 0.289 e. The van der Waals surface area contributed by atoms with Gasteiger partial charge in [0, 0.05) is 11.3 Å². The zero-order chi connectivity index (χ0) is 16.4. The molecule has 0 fully saturated rings. The summed E-state index contributed by atoms with van der Waals surface area (Å²) in [5, 5.41) is 15.6. The lowest BCUT2D eigenvalue weighted by Gasteiger charge is -2.07. The number of hydrogen-bond donors (Lipinski definition) is 0. The lowest BCUT2D eigenvalue weighted by molar-refractivity contribution is 0.787. The molecule has 1 heterocycles. The minimum absolute atomic E-state index is 0.130. The SMILES string of the molecule is Cc1cc(C)n(/N=C\c2cccc3ccccc23)c(=O)c1C#N. The van der Waals surface area contributed by atoms with Crippen molar-refractivity contribution in [3.63, 3.8) is 0 Å². The number of rotatable bonds is 2. The maximum absolute atomic E-state index is 12.4. The molecule has 4 nitrogen and oxygen atoms in total. The summed E-state index contributed by atoms with van der Waals surface area (Å²) < 4.78 is 1.27. The first kappa shape index (κ1) is 14.7. The van der Waals surface area contributed by atoms with Crippen molar-refractivity contribution in [2.75, 3.05) is 0 Å². The Morgan fingerprint density at radius 2 is 1.87 bits per heavy atom. The Hall–Kier alpha value is -3.19. The van der Waals surface area contributed by atoms with E-state index in [1.165, 1.54) is 4.68 Å². The number of nitrogens with zero attached hydrogens (tertiary/aromatic N) is 3. The van der Waals surface area contributed by atoms with Crippen molar-refractivity contribution in [1.29, 1.82) is 5.26 Å². The van der Waals surface area contributed by atoms with E-state index in [0.717, 1.165) is 16.3 Å². The molecule has 0 saturated carbocycles. The van der Waals surface area contributed by atoms with Gasteiger partial charge in [-0.1, -0.05) is 42.5 Å². The number of pyridine rings is 1. The molecule has 0 radical (unpaired) electrons. The first-order valence-electron chi connectivity index (χ1n) is 7.27. The molecule has 0 saturated heterocycles. The van der Waals surface area contributed by atoms with Crippen LogP contribution >= 0.6 is 0 Å². The van der Waals surface area contributed by atoms with Crippen molar-refractivity contribution >= 4 is 17.0 Å². The Kier molecular flexibility index (Phi) is 3.78. The maximum Gasteiger partial charge on any atom is 0.289 e. The average Bonchev–Trinajstić information content (AvgIpc) is 2.55. The Bertz CT molecular complexity index is 1020. The number of aromatic nitrogens is 1. The summed E-state index contributed by atoms with van der Waals surface area (Å²) in [5.74, 6) is 0. The molecule has 0 aliphatic rings. The fourth-order valence-corrected chi connectivity index (χ4v) is 2.64. The van der Waals surface area contributed by atoms with E-state index in [1.807, 2.05) is 48.5 Å². The lowest BCUT2D eigenvalue weighted by Crippen LogP contribution is -2.22. The fourth-order valence-electron chi connectivity index (χ4n) is 2.64. The van der Waals surface area contributed by atoms with Gasteiger partial charge in [0.15, 0.2) is 0 Å². The second kappa shape index (κ2) is 5.90. The lowest BCUT2D eigenvalue weighted by atomic mass is 10.1. The third-order valence-electron chi connectivity index (χ3n) is 3.81. The Morgan fingerprint density at radius 3 is 2.65 bits per heavy atom. The van der Waals surface area contributed by atoms with Gasteiger partial charge in [-0.2, -0.15) is 10.4 Å². The molecule has 0 atom stereocenters. The first-order valence-corrected chi connectivity index (χ1v) is 7.27. The van der Waals surface area contributed by atoms with Gasteiger partial charge >= 0.3 is 0 Å². The monoisotopic (exact) mass is 301 g/mol. The molecule has 3 rings (SSSR count). The molecule has 0 N–H and O–H groups in total. The van der Waals surface area contributed by atoms with Gasteiger partial charge in [-0.25, -0.2) is 4.68 Å². The number of aryl methyl sites for hydroxylation is 2. The second-order valence-electron chi connectivity index (χ2n) is 5.39. The molecule has 112 valence electrons. The van der Waals surface area contributed by atoms with E-state index < -0.39 is 0 Å². The molecule has 1 aromatic heterocycles. The third-order valence-corrected chi connectivity index (χ3v) is 3.81. The summed E-state index contributed by atoms with van der Waals surface area (Å²) >= 11 is 0. The van der Waals surface area contributed by atoms with Gasteiger partial charge in [0.1, 0.15) is 11.6 Å². The Labute approximate surface area is 133 Å². The zero-order valence-electron chi connectivity index (χ0n) is 12.9. The van der Waals surface area contributed by atoms with Crippen molar-refractivity contribution in [1.82, 2.24) is 4.68 Å². The van der Waals surface area contributed by atoms with Gasteiger partial charge in [0.05, 0.1) is 6.21 Å². The van der Waals surface area contributed by atoms with Gasteiger partial charge in [-0.3, -0.25) is 4.79 Å². The van der Waals surface area contributed by atoms with Crippen molar-refractivity contribution in [3.05, 3.63) is 81.3 Å². The van der Waals surface area contributed by atoms with Gasteiger partial charge in [-0.05, 0) is 36.2 Å². The highest BCUT2D eigenvalue weighted by Gasteiger charge is 2.09. The summed E-state index contributed by atoms with van der Waals surface area (Å²) in [6.07, 6.45) is 1.66. The van der Waals surface area contributed by atoms with E-state index in [4.69, 9.17) is 5.26 Å². The van der Waals surface area contributed by atoms with Crippen LogP contribution in [0.15, 0.2) is 58.4 Å². The topological polar surface area (TPSA) is 58.1 Å². The van der Waals surface area contributed by atoms with E-state index in [2.05, 4.69) is 5.10 Å². The highest BCUT2D eigenvalue weighted by atomic mass is 16.1. The smallest absolute Gasteiger partial charge is 0.266 e. The normalized spacial score (nSPS) is 11.0. The van der Waals surface area contributed by atoms with Crippen LogP contribution in [0.2, 0.25) is 0 Å². The predicted octanol–water partition coefficient (Wildman–Crippen LogP) is 3.37. The minimum atomic E-state index is -0.388. The molecule has 0 spiro atoms. The highest BCUT2D eigenvalue weighted by Crippen LogP contribution is 2.17. The number of benzene rings is 2. The number of hydrogen-bond acceptors (Lipinski definition) is 3. The predicted molar refractivity (Wildman–Crippen MR) is 91.8 cm³/mol. The molecule has 23 heavy (non-hydrogen) atoms. The summed E-state index contributed by atoms with van der Waals surface area (Å²) in [4.78, 5) is 12.4. The van der Waals surface area contributed by atoms with Gasteiger partial charge in [0.2, 0.25) is 0 Å². The molecule has 4 heteroatoms.